The molecule has 2 bridgehead atoms. The lowest BCUT2D eigenvalue weighted by atomic mass is 9.91. The maximum atomic E-state index is 14.0. The molecule has 0 unspecified atom stereocenters. The Morgan fingerprint density at radius 3 is 2.39 bits per heavy atom. The molecule has 1 amide bonds. The second kappa shape index (κ2) is 7.26. The van der Waals surface area contributed by atoms with Crippen LogP contribution >= 0.6 is 0 Å². The molecule has 0 N–H and O–H groups in total. The fraction of sp³-hybridized carbons (Fsp3) is 0.667. The van der Waals surface area contributed by atoms with Crippen molar-refractivity contribution in [3.8, 4) is 0 Å². The molecule has 0 radical (unpaired) electrons. The van der Waals surface area contributed by atoms with E-state index in [1.165, 1.54) is 31.4 Å². The van der Waals surface area contributed by atoms with Crippen LogP contribution in [0.1, 0.15) is 25.7 Å². The van der Waals surface area contributed by atoms with Gasteiger partial charge in [0.25, 0.3) is 0 Å². The number of hydrogen-bond acceptors (Lipinski definition) is 4. The van der Waals surface area contributed by atoms with Crippen molar-refractivity contribution in [2.24, 2.45) is 0 Å². The zero-order valence-corrected chi connectivity index (χ0v) is 16.2. The van der Waals surface area contributed by atoms with Crippen LogP contribution in [0.15, 0.2) is 18.2 Å². The molecule has 3 heterocycles. The van der Waals surface area contributed by atoms with Gasteiger partial charge in [-0.2, -0.15) is 0 Å². The molecule has 3 saturated heterocycles. The SMILES string of the molecule is O=C(CN1CCN(c2ccc(F)cc2F)CC1)N1C[C@@H]2C[C@H]1CN2C1CCC1. The largest absolute Gasteiger partial charge is 0.367 e. The second-order valence-corrected chi connectivity index (χ2v) is 8.73. The van der Waals surface area contributed by atoms with Crippen LogP contribution < -0.4 is 4.90 Å². The maximum absolute atomic E-state index is 14.0. The van der Waals surface area contributed by atoms with Crippen LogP contribution in [0, 0.1) is 11.6 Å². The molecule has 0 aromatic heterocycles. The number of carbonyl (C=O) groups excluding carboxylic acids is 1. The number of piperazine rings is 2. The lowest BCUT2D eigenvalue weighted by Crippen LogP contribution is -2.56. The van der Waals surface area contributed by atoms with E-state index in [-0.39, 0.29) is 5.91 Å². The number of carbonyl (C=O) groups is 1. The van der Waals surface area contributed by atoms with Crippen molar-refractivity contribution < 1.29 is 13.6 Å². The van der Waals surface area contributed by atoms with Gasteiger partial charge in [0, 0.05) is 63.5 Å². The molecule has 1 saturated carbocycles. The molecule has 152 valence electrons. The number of hydrogen-bond donors (Lipinski definition) is 0. The van der Waals surface area contributed by atoms with Crippen molar-refractivity contribution in [1.82, 2.24) is 14.7 Å². The zero-order valence-electron chi connectivity index (χ0n) is 16.2. The van der Waals surface area contributed by atoms with Gasteiger partial charge in [-0.1, -0.05) is 6.42 Å². The summed E-state index contributed by atoms with van der Waals surface area (Å²) in [5.41, 5.74) is 0.445. The summed E-state index contributed by atoms with van der Waals surface area (Å²) in [5.74, 6) is -0.836. The van der Waals surface area contributed by atoms with Gasteiger partial charge < -0.3 is 9.80 Å². The van der Waals surface area contributed by atoms with E-state index < -0.39 is 11.6 Å². The fourth-order valence-electron chi connectivity index (χ4n) is 5.34. The van der Waals surface area contributed by atoms with Crippen LogP contribution in [-0.4, -0.2) is 84.5 Å². The van der Waals surface area contributed by atoms with E-state index in [1.807, 2.05) is 4.90 Å². The molecule has 3 aliphatic heterocycles. The summed E-state index contributed by atoms with van der Waals surface area (Å²) in [6.45, 7) is 5.14. The van der Waals surface area contributed by atoms with E-state index >= 15 is 0 Å². The molecule has 1 aromatic carbocycles. The molecule has 5 nitrogen and oxygen atoms in total. The van der Waals surface area contributed by atoms with E-state index in [0.717, 1.165) is 44.7 Å². The minimum Gasteiger partial charge on any atom is -0.367 e. The Labute approximate surface area is 164 Å². The number of rotatable bonds is 4. The number of benzene rings is 1. The highest BCUT2D eigenvalue weighted by Gasteiger charge is 2.48. The van der Waals surface area contributed by atoms with Gasteiger partial charge in [-0.15, -0.1) is 0 Å². The first-order chi connectivity index (χ1) is 13.6. The maximum Gasteiger partial charge on any atom is 0.237 e. The number of halogens is 2. The monoisotopic (exact) mass is 390 g/mol. The third-order valence-electron chi connectivity index (χ3n) is 7.13. The molecule has 1 aromatic rings. The standard InChI is InChI=1S/C21H28F2N4O/c22-15-4-5-20(19(23)10-15)25-8-6-24(7-9-25)14-21(28)27-13-17-11-18(27)12-26(17)16-2-1-3-16/h4-5,10,16-18H,1-3,6-9,11-14H2/t17-,18-/m0/s1. The van der Waals surface area contributed by atoms with E-state index in [9.17, 15) is 13.6 Å². The smallest absolute Gasteiger partial charge is 0.237 e. The minimum atomic E-state index is -0.554. The summed E-state index contributed by atoms with van der Waals surface area (Å²) in [6.07, 6.45) is 5.15. The highest BCUT2D eigenvalue weighted by Crippen LogP contribution is 2.37. The molecule has 4 fully saturated rings. The number of anilines is 1. The van der Waals surface area contributed by atoms with Crippen LogP contribution in [0.3, 0.4) is 0 Å². The van der Waals surface area contributed by atoms with Gasteiger partial charge in [-0.3, -0.25) is 14.6 Å². The van der Waals surface area contributed by atoms with Crippen LogP contribution in [0.2, 0.25) is 0 Å². The Balaban J connectivity index is 1.12. The molecule has 2 atom stereocenters. The molecule has 1 aliphatic carbocycles. The fourth-order valence-corrected chi connectivity index (χ4v) is 5.34. The van der Waals surface area contributed by atoms with E-state index in [0.29, 0.717) is 37.4 Å². The lowest BCUT2D eigenvalue weighted by Gasteiger charge is -2.43. The number of amides is 1. The van der Waals surface area contributed by atoms with Crippen molar-refractivity contribution in [3.63, 3.8) is 0 Å². The Kier molecular flexibility index (Phi) is 4.75. The molecule has 28 heavy (non-hydrogen) atoms. The first-order valence-corrected chi connectivity index (χ1v) is 10.6. The van der Waals surface area contributed by atoms with Crippen molar-refractivity contribution >= 4 is 11.6 Å². The Morgan fingerprint density at radius 2 is 1.79 bits per heavy atom. The van der Waals surface area contributed by atoms with Gasteiger partial charge in [0.15, 0.2) is 0 Å². The van der Waals surface area contributed by atoms with E-state index in [2.05, 4.69) is 14.7 Å². The third-order valence-corrected chi connectivity index (χ3v) is 7.13. The summed E-state index contributed by atoms with van der Waals surface area (Å²) < 4.78 is 27.1. The first kappa shape index (κ1) is 18.3. The van der Waals surface area contributed by atoms with Crippen LogP contribution in [0.5, 0.6) is 0 Å². The number of fused-ring (bicyclic) bond motifs is 2. The Bertz CT molecular complexity index is 748. The Hall–Kier alpha value is -1.73. The quantitative estimate of drug-likeness (QED) is 0.786. The molecule has 0 spiro atoms. The van der Waals surface area contributed by atoms with Crippen LogP contribution in [0.25, 0.3) is 0 Å². The molecule has 5 rings (SSSR count). The molecule has 4 aliphatic rings. The molecular formula is C21H28F2N4O. The van der Waals surface area contributed by atoms with Gasteiger partial charge in [0.05, 0.1) is 12.2 Å². The summed E-state index contributed by atoms with van der Waals surface area (Å²) >= 11 is 0. The summed E-state index contributed by atoms with van der Waals surface area (Å²) in [5, 5.41) is 0. The predicted octanol–water partition coefficient (Wildman–Crippen LogP) is 1.92. The van der Waals surface area contributed by atoms with Crippen molar-refractivity contribution in [3.05, 3.63) is 29.8 Å². The molecule has 7 heteroatoms. The summed E-state index contributed by atoms with van der Waals surface area (Å²) in [4.78, 5) is 21.7. The van der Waals surface area contributed by atoms with Crippen molar-refractivity contribution in [1.29, 1.82) is 0 Å². The highest BCUT2D eigenvalue weighted by atomic mass is 19.1. The average Bonchev–Trinajstić information content (AvgIpc) is 3.22. The van der Waals surface area contributed by atoms with Gasteiger partial charge in [-0.25, -0.2) is 8.78 Å². The predicted molar refractivity (Wildman–Crippen MR) is 103 cm³/mol. The second-order valence-electron chi connectivity index (χ2n) is 8.73. The Morgan fingerprint density at radius 1 is 1.00 bits per heavy atom. The van der Waals surface area contributed by atoms with Gasteiger partial charge in [-0.05, 0) is 31.4 Å². The van der Waals surface area contributed by atoms with Crippen molar-refractivity contribution in [2.75, 3.05) is 50.7 Å². The minimum absolute atomic E-state index is 0.238. The van der Waals surface area contributed by atoms with E-state index in [4.69, 9.17) is 0 Å². The lowest BCUT2D eigenvalue weighted by molar-refractivity contribution is -0.135. The van der Waals surface area contributed by atoms with Gasteiger partial charge >= 0.3 is 0 Å². The van der Waals surface area contributed by atoms with Gasteiger partial charge in [0.1, 0.15) is 11.6 Å². The third kappa shape index (κ3) is 3.28. The first-order valence-electron chi connectivity index (χ1n) is 10.6. The normalized spacial score (nSPS) is 28.8. The number of likely N-dealkylation sites (tertiary alicyclic amines) is 2. The average molecular weight is 390 g/mol. The van der Waals surface area contributed by atoms with Crippen LogP contribution in [0.4, 0.5) is 14.5 Å². The van der Waals surface area contributed by atoms with Gasteiger partial charge in [0.2, 0.25) is 5.91 Å². The molecular weight excluding hydrogens is 362 g/mol. The highest BCUT2D eigenvalue weighted by molar-refractivity contribution is 5.79. The van der Waals surface area contributed by atoms with Crippen LogP contribution in [-0.2, 0) is 4.79 Å². The topological polar surface area (TPSA) is 30.0 Å². The van der Waals surface area contributed by atoms with Crippen molar-refractivity contribution in [2.45, 2.75) is 43.8 Å². The summed E-state index contributed by atoms with van der Waals surface area (Å²) in [7, 11) is 0. The van der Waals surface area contributed by atoms with E-state index in [1.54, 1.807) is 0 Å². The summed E-state index contributed by atoms with van der Waals surface area (Å²) in [6, 6.07) is 5.46. The number of nitrogens with zero attached hydrogens (tertiary/aromatic N) is 4. The zero-order chi connectivity index (χ0) is 19.3.